The summed E-state index contributed by atoms with van der Waals surface area (Å²) in [5, 5.41) is 1.07. The summed E-state index contributed by atoms with van der Waals surface area (Å²) in [6, 6.07) is 20.4. The highest BCUT2D eigenvalue weighted by Crippen LogP contribution is 2.31. The molecule has 1 aliphatic rings. The lowest BCUT2D eigenvalue weighted by atomic mass is 10.0. The van der Waals surface area contributed by atoms with Crippen LogP contribution in [0.4, 0.5) is 5.69 Å². The summed E-state index contributed by atoms with van der Waals surface area (Å²) < 4.78 is 35.4. The Morgan fingerprint density at radius 1 is 1.00 bits per heavy atom. The Morgan fingerprint density at radius 3 is 2.57 bits per heavy atom. The van der Waals surface area contributed by atoms with Gasteiger partial charge in [0.1, 0.15) is 0 Å². The van der Waals surface area contributed by atoms with Gasteiger partial charge in [0.2, 0.25) is 11.2 Å². The Kier molecular flexibility index (Phi) is 5.70. The van der Waals surface area contributed by atoms with Crippen molar-refractivity contribution in [3.05, 3.63) is 83.7 Å². The summed E-state index contributed by atoms with van der Waals surface area (Å²) in [5.74, 6) is -0.367. The van der Waals surface area contributed by atoms with Gasteiger partial charge >= 0.3 is 0 Å². The van der Waals surface area contributed by atoms with E-state index in [1.54, 1.807) is 0 Å². The van der Waals surface area contributed by atoms with E-state index in [9.17, 15) is 13.0 Å². The van der Waals surface area contributed by atoms with Crippen molar-refractivity contribution >= 4 is 38.9 Å². The van der Waals surface area contributed by atoms with Crippen LogP contribution in [0.2, 0.25) is 0 Å². The molecule has 0 aliphatic carbocycles. The van der Waals surface area contributed by atoms with Crippen LogP contribution in [0.1, 0.15) is 24.6 Å². The summed E-state index contributed by atoms with van der Waals surface area (Å²) in [6.07, 6.45) is 6.61. The largest absolute Gasteiger partial charge is 0.748 e. The first-order valence-electron chi connectivity index (χ1n) is 10.1. The van der Waals surface area contributed by atoms with E-state index in [2.05, 4.69) is 52.8 Å². The molecule has 0 radical (unpaired) electrons. The van der Waals surface area contributed by atoms with Gasteiger partial charge in [-0.3, -0.25) is 0 Å². The van der Waals surface area contributed by atoms with Crippen molar-refractivity contribution in [1.82, 2.24) is 0 Å². The van der Waals surface area contributed by atoms with Crippen molar-refractivity contribution in [3.8, 4) is 0 Å². The number of para-hydroxylation sites is 2. The molecule has 1 aliphatic heterocycles. The molecule has 0 N–H and O–H groups in total. The highest BCUT2D eigenvalue weighted by Gasteiger charge is 2.19. The standard InChI is InChI=1S/C24H24N2O3S/c1-2-25-21(14-12-19-8-3-5-10-23(19)25)18-22-15-13-20-9-4-6-11-24(20)26(22)16-7-17-30(27,28)29/h3-6,8-15,18H,2,7,16-17H2,1H3. The second kappa shape index (κ2) is 8.42. The lowest BCUT2D eigenvalue weighted by Crippen LogP contribution is -2.39. The lowest BCUT2D eigenvalue weighted by molar-refractivity contribution is -0.673. The molecule has 0 amide bonds. The van der Waals surface area contributed by atoms with Gasteiger partial charge < -0.3 is 9.45 Å². The number of aryl methyl sites for hydroxylation is 1. The highest BCUT2D eigenvalue weighted by molar-refractivity contribution is 7.85. The van der Waals surface area contributed by atoms with Gasteiger partial charge in [-0.25, -0.2) is 8.42 Å². The van der Waals surface area contributed by atoms with Gasteiger partial charge in [-0.1, -0.05) is 36.4 Å². The third kappa shape index (κ3) is 4.30. The van der Waals surface area contributed by atoms with Crippen LogP contribution in [0.5, 0.6) is 0 Å². The topological polar surface area (TPSA) is 64.3 Å². The van der Waals surface area contributed by atoms with E-state index < -0.39 is 10.1 Å². The van der Waals surface area contributed by atoms with E-state index in [-0.39, 0.29) is 12.2 Å². The van der Waals surface area contributed by atoms with Crippen molar-refractivity contribution in [2.75, 3.05) is 17.2 Å². The van der Waals surface area contributed by atoms with Gasteiger partial charge in [0.05, 0.1) is 10.1 Å². The zero-order chi connectivity index (χ0) is 21.1. The number of pyridine rings is 1. The Morgan fingerprint density at radius 2 is 1.77 bits per heavy atom. The molecule has 2 heterocycles. The zero-order valence-corrected chi connectivity index (χ0v) is 17.7. The van der Waals surface area contributed by atoms with Crippen LogP contribution in [-0.4, -0.2) is 25.3 Å². The number of nitrogens with zero attached hydrogens (tertiary/aromatic N) is 2. The van der Waals surface area contributed by atoms with Crippen LogP contribution in [-0.2, 0) is 16.7 Å². The average molecular weight is 421 g/mol. The summed E-state index contributed by atoms with van der Waals surface area (Å²) in [4.78, 5) is 2.26. The fourth-order valence-electron chi connectivity index (χ4n) is 3.96. The van der Waals surface area contributed by atoms with Gasteiger partial charge in [-0.15, -0.1) is 0 Å². The van der Waals surface area contributed by atoms with Crippen molar-refractivity contribution in [2.24, 2.45) is 0 Å². The molecule has 2 aromatic carbocycles. The van der Waals surface area contributed by atoms with E-state index in [0.29, 0.717) is 6.54 Å². The molecule has 6 heteroatoms. The number of rotatable bonds is 6. The minimum Gasteiger partial charge on any atom is -0.748 e. The van der Waals surface area contributed by atoms with Crippen LogP contribution in [0, 0.1) is 0 Å². The fraction of sp³-hybridized carbons (Fsp3) is 0.208. The predicted octanol–water partition coefficient (Wildman–Crippen LogP) is 3.96. The maximum absolute atomic E-state index is 11.1. The van der Waals surface area contributed by atoms with Gasteiger partial charge in [-0.2, -0.15) is 4.57 Å². The van der Waals surface area contributed by atoms with Crippen LogP contribution in [0.3, 0.4) is 0 Å². The molecule has 0 atom stereocenters. The summed E-state index contributed by atoms with van der Waals surface area (Å²) in [6.45, 7) is 3.40. The first-order chi connectivity index (χ1) is 14.5. The van der Waals surface area contributed by atoms with E-state index in [0.717, 1.165) is 28.8 Å². The molecule has 154 valence electrons. The SMILES string of the molecule is CCN1/C(=C\c2ccc3ccccc3[n+]2CCCS(=O)(=O)[O-])C=Cc2ccccc21. The Hall–Kier alpha value is -2.96. The molecule has 0 unspecified atom stereocenters. The Labute approximate surface area is 177 Å². The Bertz CT molecular complexity index is 1250. The molecular weight excluding hydrogens is 396 g/mol. The second-order valence-electron chi connectivity index (χ2n) is 7.29. The second-order valence-corrected chi connectivity index (χ2v) is 8.81. The number of hydrogen-bond donors (Lipinski definition) is 0. The van der Waals surface area contributed by atoms with Crippen LogP contribution < -0.4 is 9.47 Å². The zero-order valence-electron chi connectivity index (χ0n) is 16.9. The molecule has 0 fully saturated rings. The quantitative estimate of drug-likeness (QED) is 0.447. The van der Waals surface area contributed by atoms with Crippen molar-refractivity contribution < 1.29 is 17.5 Å². The van der Waals surface area contributed by atoms with Crippen LogP contribution >= 0.6 is 0 Å². The van der Waals surface area contributed by atoms with Gasteiger partial charge in [0, 0.05) is 53.7 Å². The first kappa shape index (κ1) is 20.3. The first-order valence-corrected chi connectivity index (χ1v) is 11.7. The third-order valence-electron chi connectivity index (χ3n) is 5.33. The van der Waals surface area contributed by atoms with E-state index in [4.69, 9.17) is 0 Å². The van der Waals surface area contributed by atoms with Crippen LogP contribution in [0.15, 0.2) is 72.4 Å². The molecule has 0 saturated carbocycles. The molecule has 1 aromatic heterocycles. The third-order valence-corrected chi connectivity index (χ3v) is 6.12. The molecule has 3 aromatic rings. The molecule has 5 nitrogen and oxygen atoms in total. The Balaban J connectivity index is 1.77. The van der Waals surface area contributed by atoms with Gasteiger partial charge in [0.15, 0.2) is 6.54 Å². The van der Waals surface area contributed by atoms with E-state index in [1.807, 2.05) is 42.5 Å². The number of fused-ring (bicyclic) bond motifs is 2. The number of allylic oxidation sites excluding steroid dienone is 1. The van der Waals surface area contributed by atoms with Crippen molar-refractivity contribution in [2.45, 2.75) is 19.9 Å². The average Bonchev–Trinajstić information content (AvgIpc) is 2.74. The summed E-state index contributed by atoms with van der Waals surface area (Å²) in [5.41, 5.74) is 5.40. The van der Waals surface area contributed by atoms with Gasteiger partial charge in [0.25, 0.3) is 0 Å². The molecule has 0 bridgehead atoms. The maximum Gasteiger partial charge on any atom is 0.212 e. The minimum absolute atomic E-state index is 0.275. The number of likely N-dealkylation sites (N-methyl/N-ethyl adjacent to an activating group) is 1. The molecule has 0 saturated heterocycles. The van der Waals surface area contributed by atoms with E-state index in [1.165, 1.54) is 11.3 Å². The van der Waals surface area contributed by atoms with Gasteiger partial charge in [-0.05, 0) is 36.8 Å². The molecule has 0 spiro atoms. The smallest absolute Gasteiger partial charge is 0.212 e. The van der Waals surface area contributed by atoms with E-state index >= 15 is 0 Å². The molecule has 30 heavy (non-hydrogen) atoms. The number of anilines is 1. The molecule has 4 rings (SSSR count). The maximum atomic E-state index is 11.1. The number of benzene rings is 2. The fourth-order valence-corrected chi connectivity index (χ4v) is 4.45. The lowest BCUT2D eigenvalue weighted by Gasteiger charge is -2.29. The highest BCUT2D eigenvalue weighted by atomic mass is 32.2. The number of aromatic nitrogens is 1. The summed E-state index contributed by atoms with van der Waals surface area (Å²) in [7, 11) is -4.23. The normalized spacial score (nSPS) is 15.0. The van der Waals surface area contributed by atoms with Crippen LogP contribution in [0.25, 0.3) is 23.1 Å². The summed E-state index contributed by atoms with van der Waals surface area (Å²) >= 11 is 0. The van der Waals surface area contributed by atoms with Crippen molar-refractivity contribution in [3.63, 3.8) is 0 Å². The number of hydrogen-bond acceptors (Lipinski definition) is 4. The molecular formula is C24H24N2O3S. The van der Waals surface area contributed by atoms with Crippen molar-refractivity contribution in [1.29, 1.82) is 0 Å². The predicted molar refractivity (Wildman–Crippen MR) is 120 cm³/mol. The monoisotopic (exact) mass is 420 g/mol. The minimum atomic E-state index is -4.23.